The highest BCUT2D eigenvalue weighted by Gasteiger charge is 2.21. The third kappa shape index (κ3) is 3.92. The van der Waals surface area contributed by atoms with Gasteiger partial charge in [-0.1, -0.05) is 77.9 Å². The first-order chi connectivity index (χ1) is 12.5. The molecule has 0 aliphatic carbocycles. The first kappa shape index (κ1) is 20.4. The Labute approximate surface area is 159 Å². The Morgan fingerprint density at radius 2 is 1.12 bits per heavy atom. The summed E-state index contributed by atoms with van der Waals surface area (Å²) in [5, 5.41) is 0. The van der Waals surface area contributed by atoms with Gasteiger partial charge in [-0.15, -0.1) is 0 Å². The molecule has 26 heavy (non-hydrogen) atoms. The van der Waals surface area contributed by atoms with Crippen molar-refractivity contribution < 1.29 is 4.79 Å². The predicted molar refractivity (Wildman–Crippen MR) is 112 cm³/mol. The summed E-state index contributed by atoms with van der Waals surface area (Å²) in [7, 11) is 0. The minimum atomic E-state index is 0.189. The van der Waals surface area contributed by atoms with E-state index in [1.165, 1.54) is 22.3 Å². The molecular formula is C25H34O. The molecule has 0 aliphatic rings. The lowest BCUT2D eigenvalue weighted by Gasteiger charge is -2.20. The molecule has 1 heteroatoms. The standard InChI is InChI=1S/C25H34O/c1-7-17(5)21-13-11-15-23(19(21)9-3)25(26)24-16-12-14-22(18(6)8-2)20(24)10-4/h11-18H,7-10H2,1-6H3. The van der Waals surface area contributed by atoms with Crippen LogP contribution in [0.4, 0.5) is 0 Å². The van der Waals surface area contributed by atoms with Crippen molar-refractivity contribution in [2.45, 2.75) is 79.1 Å². The van der Waals surface area contributed by atoms with Crippen LogP contribution in [0.3, 0.4) is 0 Å². The molecule has 0 amide bonds. The molecule has 0 fully saturated rings. The van der Waals surface area contributed by atoms with Gasteiger partial charge in [-0.05, 0) is 59.8 Å². The zero-order valence-corrected chi connectivity index (χ0v) is 17.4. The molecule has 0 bridgehead atoms. The van der Waals surface area contributed by atoms with E-state index in [1.54, 1.807) is 0 Å². The molecule has 1 nitrogen and oxygen atoms in total. The van der Waals surface area contributed by atoms with E-state index in [1.807, 2.05) is 12.1 Å². The lowest BCUT2D eigenvalue weighted by molar-refractivity contribution is 0.103. The predicted octanol–water partition coefficient (Wildman–Crippen LogP) is 7.07. The van der Waals surface area contributed by atoms with Gasteiger partial charge in [-0.25, -0.2) is 0 Å². The maximum atomic E-state index is 13.5. The topological polar surface area (TPSA) is 17.1 Å². The Bertz CT molecular complexity index is 693. The molecule has 2 aromatic carbocycles. The molecule has 0 heterocycles. The molecule has 2 unspecified atom stereocenters. The molecule has 0 saturated carbocycles. The van der Waals surface area contributed by atoms with Crippen molar-refractivity contribution in [1.82, 2.24) is 0 Å². The van der Waals surface area contributed by atoms with E-state index < -0.39 is 0 Å². The van der Waals surface area contributed by atoms with E-state index in [4.69, 9.17) is 0 Å². The van der Waals surface area contributed by atoms with Crippen LogP contribution in [0.15, 0.2) is 36.4 Å². The first-order valence-electron chi connectivity index (χ1n) is 10.3. The van der Waals surface area contributed by atoms with E-state index in [2.05, 4.69) is 65.8 Å². The van der Waals surface area contributed by atoms with Crippen molar-refractivity contribution in [1.29, 1.82) is 0 Å². The second-order valence-electron chi connectivity index (χ2n) is 7.40. The Kier molecular flexibility index (Phi) is 7.20. The molecule has 0 aliphatic heterocycles. The van der Waals surface area contributed by atoms with Crippen LogP contribution in [0.5, 0.6) is 0 Å². The Morgan fingerprint density at radius 1 is 0.731 bits per heavy atom. The van der Waals surface area contributed by atoms with Crippen molar-refractivity contribution in [3.05, 3.63) is 69.8 Å². The molecule has 140 valence electrons. The van der Waals surface area contributed by atoms with Gasteiger partial charge in [0.25, 0.3) is 0 Å². The molecule has 0 saturated heterocycles. The fraction of sp³-hybridized carbons (Fsp3) is 0.480. The number of ketones is 1. The number of carbonyl (C=O) groups excluding carboxylic acids is 1. The van der Waals surface area contributed by atoms with Gasteiger partial charge in [-0.3, -0.25) is 4.79 Å². The summed E-state index contributed by atoms with van der Waals surface area (Å²) in [5.41, 5.74) is 6.89. The van der Waals surface area contributed by atoms with Gasteiger partial charge in [0.2, 0.25) is 0 Å². The zero-order chi connectivity index (χ0) is 19.3. The lowest BCUT2D eigenvalue weighted by atomic mass is 9.83. The van der Waals surface area contributed by atoms with Gasteiger partial charge < -0.3 is 0 Å². The third-order valence-corrected chi connectivity index (χ3v) is 5.91. The average Bonchev–Trinajstić information content (AvgIpc) is 2.70. The Balaban J connectivity index is 2.60. The smallest absolute Gasteiger partial charge is 0.193 e. The first-order valence-corrected chi connectivity index (χ1v) is 10.3. The zero-order valence-electron chi connectivity index (χ0n) is 17.4. The highest BCUT2D eigenvalue weighted by atomic mass is 16.1. The van der Waals surface area contributed by atoms with Gasteiger partial charge in [0.15, 0.2) is 5.78 Å². The summed E-state index contributed by atoms with van der Waals surface area (Å²) in [6.07, 6.45) is 3.98. The van der Waals surface area contributed by atoms with Crippen LogP contribution >= 0.6 is 0 Å². The maximum absolute atomic E-state index is 13.5. The molecule has 2 aromatic rings. The molecular weight excluding hydrogens is 316 g/mol. The van der Waals surface area contributed by atoms with Crippen LogP contribution in [0, 0.1) is 0 Å². The summed E-state index contributed by atoms with van der Waals surface area (Å²) in [5.74, 6) is 1.15. The fourth-order valence-electron chi connectivity index (χ4n) is 3.93. The molecule has 0 radical (unpaired) electrons. The number of hydrogen-bond acceptors (Lipinski definition) is 1. The average molecular weight is 351 g/mol. The van der Waals surface area contributed by atoms with Crippen molar-refractivity contribution in [3.63, 3.8) is 0 Å². The van der Waals surface area contributed by atoms with Crippen LogP contribution in [0.25, 0.3) is 0 Å². The third-order valence-electron chi connectivity index (χ3n) is 5.91. The van der Waals surface area contributed by atoms with Gasteiger partial charge >= 0.3 is 0 Å². The number of rotatable bonds is 8. The summed E-state index contributed by atoms with van der Waals surface area (Å²) in [4.78, 5) is 13.5. The summed E-state index contributed by atoms with van der Waals surface area (Å²) in [6, 6.07) is 12.5. The van der Waals surface area contributed by atoms with Crippen molar-refractivity contribution in [2.24, 2.45) is 0 Å². The summed E-state index contributed by atoms with van der Waals surface area (Å²) < 4.78 is 0. The Morgan fingerprint density at radius 3 is 1.42 bits per heavy atom. The fourth-order valence-corrected chi connectivity index (χ4v) is 3.93. The number of carbonyl (C=O) groups is 1. The largest absolute Gasteiger partial charge is 0.289 e. The van der Waals surface area contributed by atoms with Gasteiger partial charge in [0.05, 0.1) is 0 Å². The highest BCUT2D eigenvalue weighted by Crippen LogP contribution is 2.30. The lowest BCUT2D eigenvalue weighted by Crippen LogP contribution is -2.12. The van der Waals surface area contributed by atoms with E-state index in [-0.39, 0.29) is 5.78 Å². The van der Waals surface area contributed by atoms with E-state index in [0.29, 0.717) is 11.8 Å². The van der Waals surface area contributed by atoms with E-state index in [0.717, 1.165) is 36.8 Å². The van der Waals surface area contributed by atoms with E-state index in [9.17, 15) is 4.79 Å². The van der Waals surface area contributed by atoms with E-state index >= 15 is 0 Å². The van der Waals surface area contributed by atoms with Crippen LogP contribution in [0.1, 0.15) is 104 Å². The second kappa shape index (κ2) is 9.16. The summed E-state index contributed by atoms with van der Waals surface area (Å²) >= 11 is 0. The van der Waals surface area contributed by atoms with Gasteiger partial charge in [-0.2, -0.15) is 0 Å². The van der Waals surface area contributed by atoms with Crippen molar-refractivity contribution in [3.8, 4) is 0 Å². The second-order valence-corrected chi connectivity index (χ2v) is 7.40. The van der Waals surface area contributed by atoms with Crippen molar-refractivity contribution >= 4 is 5.78 Å². The highest BCUT2D eigenvalue weighted by molar-refractivity contribution is 6.11. The van der Waals surface area contributed by atoms with Crippen molar-refractivity contribution in [2.75, 3.05) is 0 Å². The SMILES string of the molecule is CCc1c(C(=O)c2cccc(C(C)CC)c2CC)cccc1C(C)CC. The molecule has 0 aromatic heterocycles. The normalized spacial score (nSPS) is 13.5. The van der Waals surface area contributed by atoms with Gasteiger partial charge in [0, 0.05) is 11.1 Å². The van der Waals surface area contributed by atoms with Crippen LogP contribution in [0.2, 0.25) is 0 Å². The number of benzene rings is 2. The molecule has 2 rings (SSSR count). The monoisotopic (exact) mass is 350 g/mol. The van der Waals surface area contributed by atoms with Crippen LogP contribution in [-0.2, 0) is 12.8 Å². The Hall–Kier alpha value is -1.89. The number of hydrogen-bond donors (Lipinski definition) is 0. The maximum Gasteiger partial charge on any atom is 0.193 e. The molecule has 0 spiro atoms. The summed E-state index contributed by atoms with van der Waals surface area (Å²) in [6.45, 7) is 13.3. The minimum absolute atomic E-state index is 0.189. The molecule has 0 N–H and O–H groups in total. The van der Waals surface area contributed by atoms with Crippen LogP contribution < -0.4 is 0 Å². The van der Waals surface area contributed by atoms with Crippen LogP contribution in [-0.4, -0.2) is 5.78 Å². The quantitative estimate of drug-likeness (QED) is 0.465. The molecule has 2 atom stereocenters. The van der Waals surface area contributed by atoms with Gasteiger partial charge in [0.1, 0.15) is 0 Å². The minimum Gasteiger partial charge on any atom is -0.289 e.